The van der Waals surface area contributed by atoms with Crippen molar-refractivity contribution >= 4 is 11.6 Å². The SMILES string of the molecule is Clc1ccc(CCNCc2ncc[nH]2)cc1. The molecule has 0 fully saturated rings. The molecule has 1 aromatic carbocycles. The van der Waals surface area contributed by atoms with Crippen molar-refractivity contribution in [2.45, 2.75) is 13.0 Å². The summed E-state index contributed by atoms with van der Waals surface area (Å²) in [6.45, 7) is 1.71. The summed E-state index contributed by atoms with van der Waals surface area (Å²) in [5.74, 6) is 0.969. The quantitative estimate of drug-likeness (QED) is 0.782. The molecule has 2 aromatic rings. The van der Waals surface area contributed by atoms with E-state index in [9.17, 15) is 0 Å². The Morgan fingerprint density at radius 1 is 1.25 bits per heavy atom. The van der Waals surface area contributed by atoms with Gasteiger partial charge in [-0.25, -0.2) is 4.98 Å². The predicted molar refractivity (Wildman–Crippen MR) is 65.5 cm³/mol. The van der Waals surface area contributed by atoms with Crippen LogP contribution in [0, 0.1) is 0 Å². The zero-order valence-corrected chi connectivity index (χ0v) is 9.67. The van der Waals surface area contributed by atoms with Crippen LogP contribution in [0.3, 0.4) is 0 Å². The molecule has 0 radical (unpaired) electrons. The van der Waals surface area contributed by atoms with Crippen molar-refractivity contribution in [1.29, 1.82) is 0 Å². The smallest absolute Gasteiger partial charge is 0.120 e. The number of benzene rings is 1. The lowest BCUT2D eigenvalue weighted by atomic mass is 10.1. The third kappa shape index (κ3) is 3.36. The first-order chi connectivity index (χ1) is 7.84. The van der Waals surface area contributed by atoms with Crippen molar-refractivity contribution in [2.75, 3.05) is 6.54 Å². The van der Waals surface area contributed by atoms with Crippen LogP contribution in [0.2, 0.25) is 5.02 Å². The Morgan fingerprint density at radius 3 is 2.75 bits per heavy atom. The fraction of sp³-hybridized carbons (Fsp3) is 0.250. The van der Waals surface area contributed by atoms with Gasteiger partial charge in [-0.15, -0.1) is 0 Å². The summed E-state index contributed by atoms with van der Waals surface area (Å²) < 4.78 is 0. The van der Waals surface area contributed by atoms with Crippen LogP contribution in [0.5, 0.6) is 0 Å². The maximum atomic E-state index is 5.81. The summed E-state index contributed by atoms with van der Waals surface area (Å²) in [6, 6.07) is 7.95. The van der Waals surface area contributed by atoms with Gasteiger partial charge in [-0.2, -0.15) is 0 Å². The van der Waals surface area contributed by atoms with Gasteiger partial charge in [-0.1, -0.05) is 23.7 Å². The largest absolute Gasteiger partial charge is 0.348 e. The van der Waals surface area contributed by atoms with Crippen LogP contribution in [0.1, 0.15) is 11.4 Å². The highest BCUT2D eigenvalue weighted by atomic mass is 35.5. The summed E-state index contributed by atoms with van der Waals surface area (Å²) in [5.41, 5.74) is 1.29. The van der Waals surface area contributed by atoms with E-state index in [-0.39, 0.29) is 0 Å². The maximum absolute atomic E-state index is 5.81. The van der Waals surface area contributed by atoms with Crippen molar-refractivity contribution in [1.82, 2.24) is 15.3 Å². The third-order valence-electron chi connectivity index (χ3n) is 2.35. The molecule has 0 amide bonds. The number of halogens is 1. The summed E-state index contributed by atoms with van der Waals surface area (Å²) in [4.78, 5) is 7.19. The van der Waals surface area contributed by atoms with Gasteiger partial charge in [0.15, 0.2) is 0 Å². The van der Waals surface area contributed by atoms with Gasteiger partial charge in [0.1, 0.15) is 5.82 Å². The number of H-pyrrole nitrogens is 1. The van der Waals surface area contributed by atoms with Crippen molar-refractivity contribution in [3.05, 3.63) is 53.1 Å². The van der Waals surface area contributed by atoms with E-state index in [0.717, 1.165) is 30.4 Å². The van der Waals surface area contributed by atoms with Crippen molar-refractivity contribution in [3.8, 4) is 0 Å². The third-order valence-corrected chi connectivity index (χ3v) is 2.60. The van der Waals surface area contributed by atoms with E-state index in [1.165, 1.54) is 5.56 Å². The topological polar surface area (TPSA) is 40.7 Å². The molecule has 0 spiro atoms. The maximum Gasteiger partial charge on any atom is 0.120 e. The van der Waals surface area contributed by atoms with Gasteiger partial charge in [0.25, 0.3) is 0 Å². The lowest BCUT2D eigenvalue weighted by Crippen LogP contribution is -2.17. The highest BCUT2D eigenvalue weighted by Gasteiger charge is 1.95. The Balaban J connectivity index is 1.70. The second-order valence-electron chi connectivity index (χ2n) is 3.59. The summed E-state index contributed by atoms with van der Waals surface area (Å²) >= 11 is 5.81. The molecule has 0 bridgehead atoms. The average molecular weight is 236 g/mol. The first kappa shape index (κ1) is 11.2. The van der Waals surface area contributed by atoms with Gasteiger partial charge in [0, 0.05) is 17.4 Å². The summed E-state index contributed by atoms with van der Waals surface area (Å²) in [5, 5.41) is 4.11. The highest BCUT2D eigenvalue weighted by molar-refractivity contribution is 6.30. The molecule has 0 aliphatic heterocycles. The van der Waals surface area contributed by atoms with E-state index in [1.807, 2.05) is 18.3 Å². The molecular formula is C12H14ClN3. The van der Waals surface area contributed by atoms with Gasteiger partial charge < -0.3 is 10.3 Å². The second kappa shape index (κ2) is 5.68. The van der Waals surface area contributed by atoms with E-state index in [4.69, 9.17) is 11.6 Å². The minimum atomic E-state index is 0.778. The first-order valence-corrected chi connectivity index (χ1v) is 5.66. The van der Waals surface area contributed by atoms with Crippen molar-refractivity contribution < 1.29 is 0 Å². The van der Waals surface area contributed by atoms with Crippen LogP contribution in [-0.4, -0.2) is 16.5 Å². The van der Waals surface area contributed by atoms with Gasteiger partial charge in [-0.05, 0) is 30.7 Å². The Labute approximate surface area is 99.9 Å². The van der Waals surface area contributed by atoms with Crippen LogP contribution >= 0.6 is 11.6 Å². The Morgan fingerprint density at radius 2 is 2.06 bits per heavy atom. The fourth-order valence-corrected chi connectivity index (χ4v) is 1.61. The molecule has 2 rings (SSSR count). The lowest BCUT2D eigenvalue weighted by Gasteiger charge is -2.03. The van der Waals surface area contributed by atoms with E-state index in [1.54, 1.807) is 6.20 Å². The van der Waals surface area contributed by atoms with E-state index in [2.05, 4.69) is 27.4 Å². The number of hydrogen-bond donors (Lipinski definition) is 2. The molecule has 0 saturated heterocycles. The number of imidazole rings is 1. The molecule has 0 saturated carbocycles. The Bertz CT molecular complexity index is 408. The molecule has 84 valence electrons. The lowest BCUT2D eigenvalue weighted by molar-refractivity contribution is 0.665. The molecule has 0 aliphatic carbocycles. The molecule has 1 heterocycles. The average Bonchev–Trinajstić information content (AvgIpc) is 2.80. The van der Waals surface area contributed by atoms with Gasteiger partial charge in [-0.3, -0.25) is 0 Å². The summed E-state index contributed by atoms with van der Waals surface area (Å²) in [7, 11) is 0. The van der Waals surface area contributed by atoms with E-state index >= 15 is 0 Å². The number of aromatic nitrogens is 2. The van der Waals surface area contributed by atoms with Gasteiger partial charge >= 0.3 is 0 Å². The molecular weight excluding hydrogens is 222 g/mol. The number of rotatable bonds is 5. The van der Waals surface area contributed by atoms with Crippen LogP contribution < -0.4 is 5.32 Å². The van der Waals surface area contributed by atoms with E-state index < -0.39 is 0 Å². The fourth-order valence-electron chi connectivity index (χ4n) is 1.49. The standard InChI is InChI=1S/C12H14ClN3/c13-11-3-1-10(2-4-11)5-6-14-9-12-15-7-8-16-12/h1-4,7-8,14H,5-6,9H2,(H,15,16). The van der Waals surface area contributed by atoms with Crippen LogP contribution in [0.15, 0.2) is 36.7 Å². The van der Waals surface area contributed by atoms with Crippen LogP contribution in [0.25, 0.3) is 0 Å². The zero-order valence-electron chi connectivity index (χ0n) is 8.91. The zero-order chi connectivity index (χ0) is 11.2. The predicted octanol–water partition coefficient (Wildman–Crippen LogP) is 2.40. The second-order valence-corrected chi connectivity index (χ2v) is 4.03. The first-order valence-electron chi connectivity index (χ1n) is 5.28. The van der Waals surface area contributed by atoms with Gasteiger partial charge in [0.05, 0.1) is 6.54 Å². The molecule has 1 aromatic heterocycles. The Kier molecular flexibility index (Phi) is 3.97. The molecule has 0 aliphatic rings. The molecule has 3 nitrogen and oxygen atoms in total. The normalized spacial score (nSPS) is 10.6. The molecule has 4 heteroatoms. The number of aromatic amines is 1. The molecule has 0 atom stereocenters. The highest BCUT2D eigenvalue weighted by Crippen LogP contribution is 2.09. The van der Waals surface area contributed by atoms with Crippen LogP contribution in [0.4, 0.5) is 0 Å². The monoisotopic (exact) mass is 235 g/mol. The number of nitrogens with zero attached hydrogens (tertiary/aromatic N) is 1. The minimum Gasteiger partial charge on any atom is -0.348 e. The minimum absolute atomic E-state index is 0.778. The van der Waals surface area contributed by atoms with Crippen LogP contribution in [-0.2, 0) is 13.0 Å². The summed E-state index contributed by atoms with van der Waals surface area (Å²) in [6.07, 6.45) is 4.59. The van der Waals surface area contributed by atoms with Crippen molar-refractivity contribution in [3.63, 3.8) is 0 Å². The number of hydrogen-bond acceptors (Lipinski definition) is 2. The molecule has 16 heavy (non-hydrogen) atoms. The van der Waals surface area contributed by atoms with Crippen molar-refractivity contribution in [2.24, 2.45) is 0 Å². The molecule has 0 unspecified atom stereocenters. The Hall–Kier alpha value is -1.32. The number of nitrogens with one attached hydrogen (secondary N) is 2. The van der Waals surface area contributed by atoms with E-state index in [0.29, 0.717) is 0 Å². The molecule has 2 N–H and O–H groups in total. The van der Waals surface area contributed by atoms with Gasteiger partial charge in [0.2, 0.25) is 0 Å².